The number of ether oxygens (including phenoxy) is 1. The van der Waals surface area contributed by atoms with Crippen molar-refractivity contribution in [2.45, 2.75) is 358 Å². The monoisotopic (exact) mass is 1910 g/mol. The van der Waals surface area contributed by atoms with E-state index in [-0.39, 0.29) is 17.3 Å². The number of fused-ring (bicyclic) bond motifs is 1. The van der Waals surface area contributed by atoms with Gasteiger partial charge < -0.3 is 9.72 Å². The number of aromatic amines is 1. The first-order valence-corrected chi connectivity index (χ1v) is 55.7. The van der Waals surface area contributed by atoms with Crippen molar-refractivity contribution in [3.8, 4) is 5.75 Å². The number of Topliss-reactive ketones (excluding diaryl/α,β-unsaturated/α-hetero) is 1. The van der Waals surface area contributed by atoms with E-state index in [9.17, 15) is 64.4 Å². The molecule has 0 unspecified atom stereocenters. The van der Waals surface area contributed by atoms with Gasteiger partial charge in [-0.2, -0.15) is 27.8 Å². The molecule has 0 atom stereocenters. The number of hydrogen-bond acceptors (Lipinski definition) is 17. The molecular formula is C99H151F4N3O12S8. The Labute approximate surface area is 771 Å². The van der Waals surface area contributed by atoms with Gasteiger partial charge in [0, 0.05) is 10.5 Å². The van der Waals surface area contributed by atoms with Crippen LogP contribution in [0.4, 0.5) is 28.9 Å². The van der Waals surface area contributed by atoms with Crippen LogP contribution >= 0.6 is 35.3 Å². The number of benzene rings is 6. The van der Waals surface area contributed by atoms with Crippen molar-refractivity contribution in [1.29, 1.82) is 0 Å². The van der Waals surface area contributed by atoms with Crippen LogP contribution in [0.2, 0.25) is 0 Å². The number of rotatable bonds is 47. The highest BCUT2D eigenvalue weighted by atomic mass is 32.2. The highest BCUT2D eigenvalue weighted by Crippen LogP contribution is 2.32. The molecule has 7 rings (SSSR count). The number of H-pyrrole nitrogens is 1. The molecule has 0 aliphatic heterocycles. The van der Waals surface area contributed by atoms with Gasteiger partial charge in [0.05, 0.1) is 74.1 Å². The maximum atomic E-state index is 12.9. The number of carbonyl (C=O) groups is 1. The smallest absolute Gasteiger partial charge is 0.428 e. The first-order chi connectivity index (χ1) is 58.5. The minimum absolute atomic E-state index is 0.0989. The zero-order chi connectivity index (χ0) is 94.9. The van der Waals surface area contributed by atoms with Gasteiger partial charge in [-0.05, 0) is 333 Å². The van der Waals surface area contributed by atoms with E-state index in [1.54, 1.807) is 140 Å². The van der Waals surface area contributed by atoms with Crippen molar-refractivity contribution in [3.63, 3.8) is 0 Å². The molecule has 0 aliphatic carbocycles. The number of halogens is 4. The van der Waals surface area contributed by atoms with E-state index >= 15 is 0 Å². The number of carbonyl (C=O) groups excluding carboxylic acids is 1. The average molecular weight is 1910 g/mol. The van der Waals surface area contributed by atoms with Gasteiger partial charge in [-0.1, -0.05) is 175 Å². The van der Waals surface area contributed by atoms with Crippen molar-refractivity contribution in [2.75, 3.05) is 35.0 Å². The number of aromatic nitrogens is 1. The molecular weight excluding hydrogens is 1760 g/mol. The molecule has 0 aliphatic rings. The van der Waals surface area contributed by atoms with Gasteiger partial charge >= 0.3 is 12.5 Å². The summed E-state index contributed by atoms with van der Waals surface area (Å²) in [7, 11) is -15.0. The van der Waals surface area contributed by atoms with Crippen LogP contribution in [0.5, 0.6) is 5.75 Å². The lowest BCUT2D eigenvalue weighted by molar-refractivity contribution is -0.253. The van der Waals surface area contributed by atoms with Gasteiger partial charge in [-0.15, -0.1) is 23.1 Å². The molecule has 1 heterocycles. The van der Waals surface area contributed by atoms with Crippen molar-refractivity contribution >= 4 is 112 Å². The fraction of sp³-hybridized carbons (Fsp3) is 0.616. The Balaban J connectivity index is 0.000000408. The highest BCUT2D eigenvalue weighted by molar-refractivity contribution is 7.98. The minimum atomic E-state index is -4.51. The van der Waals surface area contributed by atoms with Crippen LogP contribution in [0, 0.1) is 17.8 Å². The van der Waals surface area contributed by atoms with E-state index in [2.05, 4.69) is 87.7 Å². The van der Waals surface area contributed by atoms with E-state index in [1.807, 2.05) is 61.5 Å². The Morgan fingerprint density at radius 1 is 0.413 bits per heavy atom. The van der Waals surface area contributed by atoms with Gasteiger partial charge in [0.1, 0.15) is 5.75 Å². The second-order valence-corrected chi connectivity index (χ2v) is 54.8. The number of ketones is 1. The second-order valence-electron chi connectivity index (χ2n) is 37.9. The summed E-state index contributed by atoms with van der Waals surface area (Å²) in [5.74, 6) is 1.22. The number of azo groups is 1. The third-order valence-electron chi connectivity index (χ3n) is 22.2. The molecule has 0 spiro atoms. The standard InChI is InChI=1S/C25H36N2O2S.C19H28F4O3S.C19H30O3S.C18H27NO2S3.C18H30O2S2/c1-20-13-10-11-15-24(20)27-26-23-17-16-22(21(2)19-23)14-9-7-6-8-12-18-30(28,29)25(3,4)5;1-18(2,3)27(24,25)13-8-6-4-5-7-10-15-11-9-12-16(14-15)26-19(22,23)17(20)21;1-16(20)18-13-11-17(12-14-18)10-8-6-5-7-9-15-23(21,22)19(2,3)4;1-18(2,3)24(20,21)12-8-6-4-5-7-9-14-10-11-16-15(13-14)19-17(22)23-16;1-18(2,3)22(19,20)15-9-7-5-6-8-10-16-11-13-17(21-4)14-12-16/h10-11,13,15-17,19H,6-9,12,14,18H2,1-5H3;9,11-12,14,17H,4-8,10,13H2,1-3H3;11-14H,5-10,15H2,1-4H3;10-11,13H,4-9,12H2,1-3H3,(H,19,22);11-14H,5-10,15H2,1-4H3. The van der Waals surface area contributed by atoms with Crippen LogP contribution in [0.25, 0.3) is 10.2 Å². The Morgan fingerprint density at radius 3 is 1.14 bits per heavy atom. The van der Waals surface area contributed by atoms with Crippen LogP contribution in [-0.2, 0) is 81.3 Å². The van der Waals surface area contributed by atoms with E-state index in [4.69, 9.17) is 12.2 Å². The van der Waals surface area contributed by atoms with Gasteiger partial charge in [0.25, 0.3) is 0 Å². The normalized spacial score (nSPS) is 12.7. The number of thiazole rings is 1. The summed E-state index contributed by atoms with van der Waals surface area (Å²) in [6.45, 7) is 32.1. The van der Waals surface area contributed by atoms with Crippen molar-refractivity contribution in [2.24, 2.45) is 10.2 Å². The maximum Gasteiger partial charge on any atom is 0.461 e. The van der Waals surface area contributed by atoms with Crippen LogP contribution < -0.4 is 4.74 Å². The molecule has 1 aromatic heterocycles. The molecule has 1 N–H and O–H groups in total. The fourth-order valence-corrected chi connectivity index (χ4v) is 20.4. The van der Waals surface area contributed by atoms with Crippen LogP contribution in [0.3, 0.4) is 0 Å². The summed E-state index contributed by atoms with van der Waals surface area (Å²) >= 11 is 8.55. The molecule has 710 valence electrons. The third kappa shape index (κ3) is 44.5. The Morgan fingerprint density at radius 2 is 0.770 bits per heavy atom. The van der Waals surface area contributed by atoms with Gasteiger partial charge in [-0.3, -0.25) is 4.79 Å². The summed E-state index contributed by atoms with van der Waals surface area (Å²) < 4.78 is 173. The molecule has 126 heavy (non-hydrogen) atoms. The second kappa shape index (κ2) is 55.0. The lowest BCUT2D eigenvalue weighted by Gasteiger charge is -2.18. The van der Waals surface area contributed by atoms with Gasteiger partial charge in [0.2, 0.25) is 0 Å². The van der Waals surface area contributed by atoms with Crippen LogP contribution in [0.1, 0.15) is 321 Å². The van der Waals surface area contributed by atoms with Crippen LogP contribution in [-0.4, -0.2) is 124 Å². The predicted molar refractivity (Wildman–Crippen MR) is 528 cm³/mol. The molecule has 6 aromatic carbocycles. The topological polar surface area (TPSA) is 238 Å². The molecule has 0 fully saturated rings. The van der Waals surface area contributed by atoms with E-state index in [1.165, 1.54) is 68.5 Å². The average Bonchev–Trinajstić information content (AvgIpc) is 1.56. The number of sulfone groups is 5. The molecule has 0 amide bonds. The number of alkyl halides is 4. The van der Waals surface area contributed by atoms with Gasteiger partial charge in [-0.25, -0.2) is 42.1 Å². The SMILES string of the molecule is CC(=O)c1ccc(CCCCCCCS(=O)(=O)C(C)(C)C)cc1.CC(C)(C)S(=O)(=O)CCCCCCCc1ccc2sc(=S)[nH]c2c1.CC(C)(C)S(=O)(=O)CCCCCCCc1cccc(OC(F)(F)C(F)F)c1.CSc1ccc(CCCCCCCS(=O)(=O)C(C)(C)C)cc1.Cc1cc(N=Nc2ccccc2C)ccc1CCCCCCCS(=O)(=O)C(C)(C)C. The molecule has 7 aromatic rings. The summed E-state index contributed by atoms with van der Waals surface area (Å²) in [4.78, 5) is 15.7. The van der Waals surface area contributed by atoms with Crippen molar-refractivity contribution in [3.05, 3.63) is 182 Å². The lowest BCUT2D eigenvalue weighted by atomic mass is 10.0. The molecule has 0 bridgehead atoms. The Kier molecular flexibility index (Phi) is 49.9. The van der Waals surface area contributed by atoms with Gasteiger partial charge in [0.15, 0.2) is 58.9 Å². The molecule has 0 saturated carbocycles. The fourth-order valence-electron chi connectivity index (χ4n) is 12.9. The molecule has 27 heteroatoms. The predicted octanol–water partition coefficient (Wildman–Crippen LogP) is 28.4. The van der Waals surface area contributed by atoms with Crippen LogP contribution in [0.15, 0.2) is 149 Å². The summed E-state index contributed by atoms with van der Waals surface area (Å²) in [6, 6.07) is 43.1. The summed E-state index contributed by atoms with van der Waals surface area (Å²) in [6.07, 6.45) is 23.1. The van der Waals surface area contributed by atoms with E-state index in [0.29, 0.717) is 35.9 Å². The highest BCUT2D eigenvalue weighted by Gasteiger charge is 2.44. The summed E-state index contributed by atoms with van der Waals surface area (Å²) in [5, 5.41) is 8.75. The number of nitrogens with one attached hydrogen (secondary N) is 1. The van der Waals surface area contributed by atoms with E-state index < -0.39 is 85.5 Å². The van der Waals surface area contributed by atoms with E-state index in [0.717, 1.165) is 204 Å². The van der Waals surface area contributed by atoms with Crippen molar-refractivity contribution < 1.29 is 69.2 Å². The minimum Gasteiger partial charge on any atom is -0.428 e. The zero-order valence-corrected chi connectivity index (χ0v) is 85.6. The number of nitrogens with zero attached hydrogens (tertiary/aromatic N) is 2. The number of thioether (sulfide) groups is 1. The molecule has 0 radical (unpaired) electrons. The maximum absolute atomic E-state index is 12.9. The first kappa shape index (κ1) is 114. The Hall–Kier alpha value is -5.68. The quantitative estimate of drug-likeness (QED) is 0.00933. The van der Waals surface area contributed by atoms with Crippen molar-refractivity contribution in [1.82, 2.24) is 4.98 Å². The number of aryl methyl sites for hydroxylation is 7. The Bertz CT molecular complexity index is 5060. The summed E-state index contributed by atoms with van der Waals surface area (Å²) in [5.41, 5.74) is 12.1. The number of hydrogen-bond donors (Lipinski definition) is 1. The lowest BCUT2D eigenvalue weighted by Crippen LogP contribution is -2.33. The third-order valence-corrected chi connectivity index (χ3v) is 37.6. The zero-order valence-electron chi connectivity index (χ0n) is 79.1. The first-order valence-electron chi connectivity index (χ1n) is 45.0. The largest absolute Gasteiger partial charge is 0.461 e. The number of unbranched alkanes of at least 4 members (excludes halogenated alkanes) is 20. The molecule has 0 saturated heterocycles. The molecule has 15 nitrogen and oxygen atoms in total.